The number of benzene rings is 1. The highest BCUT2D eigenvalue weighted by molar-refractivity contribution is 5.99. The van der Waals surface area contributed by atoms with Gasteiger partial charge >= 0.3 is 12.1 Å². The Hall–Kier alpha value is -3.01. The van der Waals surface area contributed by atoms with Gasteiger partial charge in [-0.25, -0.2) is 14.8 Å². The van der Waals surface area contributed by atoms with Crippen molar-refractivity contribution in [3.05, 3.63) is 52.5 Å². The SMILES string of the molecule is Cc1c(CCN2CCC3(CC2)CCN(c2cc(C(F)(F)F)ncn2)C3=O)ccc2c1COC2=O. The van der Waals surface area contributed by atoms with E-state index in [1.807, 2.05) is 19.1 Å². The lowest BCUT2D eigenvalue weighted by Crippen LogP contribution is -2.45. The molecule has 5 rings (SSSR count). The van der Waals surface area contributed by atoms with Crippen molar-refractivity contribution in [3.63, 3.8) is 0 Å². The molecule has 1 amide bonds. The van der Waals surface area contributed by atoms with Gasteiger partial charge in [0.05, 0.1) is 11.0 Å². The molecule has 0 unspecified atom stereocenters. The van der Waals surface area contributed by atoms with Crippen molar-refractivity contribution in [1.29, 1.82) is 0 Å². The summed E-state index contributed by atoms with van der Waals surface area (Å²) < 4.78 is 44.2. The lowest BCUT2D eigenvalue weighted by molar-refractivity contribution is -0.141. The highest BCUT2D eigenvalue weighted by Crippen LogP contribution is 2.43. The molecule has 3 aliphatic rings. The van der Waals surface area contributed by atoms with E-state index < -0.39 is 17.3 Å². The zero-order valence-electron chi connectivity index (χ0n) is 18.8. The molecule has 1 spiro atoms. The van der Waals surface area contributed by atoms with Crippen LogP contribution < -0.4 is 4.90 Å². The van der Waals surface area contributed by atoms with Gasteiger partial charge in [0.25, 0.3) is 0 Å². The van der Waals surface area contributed by atoms with E-state index in [-0.39, 0.29) is 17.7 Å². The van der Waals surface area contributed by atoms with Gasteiger partial charge in [-0.2, -0.15) is 13.2 Å². The molecule has 2 saturated heterocycles. The molecule has 4 heterocycles. The van der Waals surface area contributed by atoms with Crippen LogP contribution in [-0.4, -0.2) is 52.9 Å². The number of piperidine rings is 1. The van der Waals surface area contributed by atoms with E-state index in [4.69, 9.17) is 4.74 Å². The van der Waals surface area contributed by atoms with Crippen LogP contribution in [-0.2, 0) is 28.7 Å². The van der Waals surface area contributed by atoms with Crippen LogP contribution in [0.15, 0.2) is 24.5 Å². The molecule has 34 heavy (non-hydrogen) atoms. The van der Waals surface area contributed by atoms with Crippen molar-refractivity contribution < 1.29 is 27.5 Å². The molecule has 0 atom stereocenters. The number of fused-ring (bicyclic) bond motifs is 1. The quantitative estimate of drug-likeness (QED) is 0.631. The molecule has 3 aliphatic heterocycles. The van der Waals surface area contributed by atoms with Gasteiger partial charge in [0.15, 0.2) is 0 Å². The third kappa shape index (κ3) is 3.93. The normalized spacial score (nSPS) is 20.2. The van der Waals surface area contributed by atoms with Crippen LogP contribution in [0, 0.1) is 12.3 Å². The topological polar surface area (TPSA) is 75.6 Å². The largest absolute Gasteiger partial charge is 0.457 e. The molecule has 0 N–H and O–H groups in total. The Kier molecular flexibility index (Phi) is 5.58. The summed E-state index contributed by atoms with van der Waals surface area (Å²) in [6.45, 7) is 5.05. The van der Waals surface area contributed by atoms with E-state index >= 15 is 0 Å². The molecular weight excluding hydrogens is 449 g/mol. The van der Waals surface area contributed by atoms with Crippen LogP contribution in [0.3, 0.4) is 0 Å². The van der Waals surface area contributed by atoms with Crippen LogP contribution in [0.2, 0.25) is 0 Å². The number of nitrogens with zero attached hydrogens (tertiary/aromatic N) is 4. The van der Waals surface area contributed by atoms with Gasteiger partial charge in [-0.1, -0.05) is 6.07 Å². The number of hydrogen-bond acceptors (Lipinski definition) is 6. The number of carbonyl (C=O) groups is 2. The molecule has 2 aromatic rings. The van der Waals surface area contributed by atoms with Crippen molar-refractivity contribution >= 4 is 17.7 Å². The second kappa shape index (κ2) is 8.33. The highest BCUT2D eigenvalue weighted by Gasteiger charge is 2.49. The van der Waals surface area contributed by atoms with Gasteiger partial charge in [0, 0.05) is 24.7 Å². The lowest BCUT2D eigenvalue weighted by Gasteiger charge is -2.38. The molecule has 180 valence electrons. The van der Waals surface area contributed by atoms with Gasteiger partial charge < -0.3 is 9.64 Å². The maximum Gasteiger partial charge on any atom is 0.433 e. The second-order valence-corrected chi connectivity index (χ2v) is 9.29. The maximum atomic E-state index is 13.2. The predicted octanol–water partition coefficient (Wildman–Crippen LogP) is 3.54. The number of alkyl halides is 3. The number of aromatic nitrogens is 2. The number of likely N-dealkylation sites (tertiary alicyclic amines) is 1. The summed E-state index contributed by atoms with van der Waals surface area (Å²) in [7, 11) is 0. The molecule has 0 saturated carbocycles. The van der Waals surface area contributed by atoms with Crippen molar-refractivity contribution in [1.82, 2.24) is 14.9 Å². The van der Waals surface area contributed by atoms with Crippen LogP contribution >= 0.6 is 0 Å². The fourth-order valence-electron chi connectivity index (χ4n) is 5.30. The first-order chi connectivity index (χ1) is 16.2. The van der Waals surface area contributed by atoms with E-state index in [9.17, 15) is 22.8 Å². The van der Waals surface area contributed by atoms with Crippen LogP contribution in [0.1, 0.15) is 52.0 Å². The van der Waals surface area contributed by atoms with Gasteiger partial charge in [-0.05, 0) is 62.9 Å². The van der Waals surface area contributed by atoms with Gasteiger partial charge in [0.2, 0.25) is 5.91 Å². The number of anilines is 1. The zero-order valence-corrected chi connectivity index (χ0v) is 18.8. The summed E-state index contributed by atoms with van der Waals surface area (Å²) in [5.74, 6) is -0.392. The minimum Gasteiger partial charge on any atom is -0.457 e. The standard InChI is InChI=1S/C24H25F3N4O3/c1-15-16(2-3-17-18(15)13-34-21(17)32)4-8-30-9-5-23(6-10-30)7-11-31(22(23)33)20-12-19(24(25,26)27)28-14-29-20/h2-3,12,14H,4-11,13H2,1H3. The average Bonchev–Trinajstić information content (AvgIpc) is 3.35. The summed E-state index contributed by atoms with van der Waals surface area (Å²) in [5, 5.41) is 0. The third-order valence-electron chi connectivity index (χ3n) is 7.52. The summed E-state index contributed by atoms with van der Waals surface area (Å²) in [6.07, 6.45) is -0.925. The lowest BCUT2D eigenvalue weighted by atomic mass is 9.77. The number of amides is 1. The van der Waals surface area contributed by atoms with E-state index in [2.05, 4.69) is 14.9 Å². The number of esters is 1. The molecule has 1 aromatic carbocycles. The first kappa shape index (κ1) is 22.8. The molecular formula is C24H25F3N4O3. The summed E-state index contributed by atoms with van der Waals surface area (Å²) in [4.78, 5) is 35.9. The maximum absolute atomic E-state index is 13.2. The molecule has 10 heteroatoms. The van der Waals surface area contributed by atoms with Crippen molar-refractivity contribution in [2.45, 2.75) is 45.4 Å². The Morgan fingerprint density at radius 1 is 1.09 bits per heavy atom. The predicted molar refractivity (Wildman–Crippen MR) is 116 cm³/mol. The van der Waals surface area contributed by atoms with E-state index in [1.54, 1.807) is 0 Å². The van der Waals surface area contributed by atoms with E-state index in [1.165, 1.54) is 10.5 Å². The molecule has 2 fully saturated rings. The number of rotatable bonds is 4. The van der Waals surface area contributed by atoms with Crippen molar-refractivity contribution in [3.8, 4) is 0 Å². The summed E-state index contributed by atoms with van der Waals surface area (Å²) in [5.41, 5.74) is 2.32. The number of ether oxygens (including phenoxy) is 1. The highest BCUT2D eigenvalue weighted by atomic mass is 19.4. The molecule has 0 radical (unpaired) electrons. The van der Waals surface area contributed by atoms with Gasteiger partial charge in [-0.15, -0.1) is 0 Å². The molecule has 0 bridgehead atoms. The first-order valence-electron chi connectivity index (χ1n) is 11.4. The minimum atomic E-state index is -4.58. The Morgan fingerprint density at radius 2 is 1.82 bits per heavy atom. The number of cyclic esters (lactones) is 1. The summed E-state index contributed by atoms with van der Waals surface area (Å²) in [6, 6.07) is 4.67. The third-order valence-corrected chi connectivity index (χ3v) is 7.52. The fraction of sp³-hybridized carbons (Fsp3) is 0.500. The Balaban J connectivity index is 1.20. The number of hydrogen-bond donors (Lipinski definition) is 0. The first-order valence-corrected chi connectivity index (χ1v) is 11.4. The Bertz CT molecular complexity index is 1140. The monoisotopic (exact) mass is 474 g/mol. The second-order valence-electron chi connectivity index (χ2n) is 9.29. The van der Waals surface area contributed by atoms with Gasteiger partial charge in [0.1, 0.15) is 24.4 Å². The van der Waals surface area contributed by atoms with E-state index in [0.717, 1.165) is 49.6 Å². The Labute approximate surface area is 194 Å². The average molecular weight is 474 g/mol. The number of carbonyl (C=O) groups excluding carboxylic acids is 2. The van der Waals surface area contributed by atoms with Crippen molar-refractivity contribution in [2.75, 3.05) is 31.1 Å². The smallest absolute Gasteiger partial charge is 0.433 e. The van der Waals surface area contributed by atoms with Crippen LogP contribution in [0.4, 0.5) is 19.0 Å². The summed E-state index contributed by atoms with van der Waals surface area (Å²) >= 11 is 0. The molecule has 7 nitrogen and oxygen atoms in total. The van der Waals surface area contributed by atoms with Gasteiger partial charge in [-0.3, -0.25) is 9.69 Å². The minimum absolute atomic E-state index is 0.0150. The number of halogens is 3. The van der Waals surface area contributed by atoms with Crippen molar-refractivity contribution in [2.24, 2.45) is 5.41 Å². The van der Waals surface area contributed by atoms with Crippen LogP contribution in [0.25, 0.3) is 0 Å². The fourth-order valence-corrected chi connectivity index (χ4v) is 5.30. The van der Waals surface area contributed by atoms with E-state index in [0.29, 0.717) is 38.0 Å². The Morgan fingerprint density at radius 3 is 2.56 bits per heavy atom. The molecule has 1 aromatic heterocycles. The van der Waals surface area contributed by atoms with Crippen LogP contribution in [0.5, 0.6) is 0 Å². The molecule has 0 aliphatic carbocycles. The zero-order chi connectivity index (χ0) is 24.1.